The largest absolute Gasteiger partial charge is 0.463 e. The van der Waals surface area contributed by atoms with Crippen LogP contribution in [-0.2, 0) is 14.3 Å². The van der Waals surface area contributed by atoms with Crippen LogP contribution in [0.2, 0.25) is 0 Å². The van der Waals surface area contributed by atoms with Gasteiger partial charge in [-0.2, -0.15) is 0 Å². The van der Waals surface area contributed by atoms with Crippen LogP contribution in [0.5, 0.6) is 5.75 Å². The van der Waals surface area contributed by atoms with Crippen LogP contribution in [0, 0.1) is 56.5 Å². The van der Waals surface area contributed by atoms with Crippen molar-refractivity contribution in [3.63, 3.8) is 0 Å². The summed E-state index contributed by atoms with van der Waals surface area (Å²) in [4.78, 5) is 34.5. The lowest BCUT2D eigenvalue weighted by atomic mass is 9.44. The number of carbonyl (C=O) groups excluding carboxylic acids is 2. The van der Waals surface area contributed by atoms with Gasteiger partial charge in [0.15, 0.2) is 0 Å². The summed E-state index contributed by atoms with van der Waals surface area (Å²) in [6.07, 6.45) is 12.2. The molecule has 1 aromatic carbocycles. The Bertz CT molecular complexity index is 1090. The lowest BCUT2D eigenvalue weighted by Crippen LogP contribution is -2.54. The molecule has 0 amide bonds. The van der Waals surface area contributed by atoms with E-state index in [4.69, 9.17) is 9.47 Å². The first-order valence-electron chi connectivity index (χ1n) is 15.1. The van der Waals surface area contributed by atoms with Crippen molar-refractivity contribution in [3.8, 4) is 5.75 Å². The highest BCUT2D eigenvalue weighted by atomic mass is 16.6. The zero-order valence-corrected chi connectivity index (χ0v) is 24.0. The molecule has 0 bridgehead atoms. The van der Waals surface area contributed by atoms with E-state index in [1.54, 1.807) is 0 Å². The zero-order chi connectivity index (χ0) is 27.9. The van der Waals surface area contributed by atoms with Crippen LogP contribution in [0.15, 0.2) is 24.3 Å². The van der Waals surface area contributed by atoms with Crippen molar-refractivity contribution in [2.24, 2.45) is 46.3 Å². The third-order valence-electron chi connectivity index (χ3n) is 11.8. The van der Waals surface area contributed by atoms with Crippen LogP contribution in [0.3, 0.4) is 0 Å². The summed E-state index contributed by atoms with van der Waals surface area (Å²) in [5.74, 6) is 4.02. The Morgan fingerprint density at radius 3 is 2.38 bits per heavy atom. The number of carbonyl (C=O) groups is 2. The maximum absolute atomic E-state index is 12.6. The number of nitro groups is 1. The Labute approximate surface area is 232 Å². The lowest BCUT2D eigenvalue weighted by molar-refractivity contribution is -0.384. The average molecular weight is 540 g/mol. The number of rotatable bonds is 7. The van der Waals surface area contributed by atoms with Crippen LogP contribution >= 0.6 is 0 Å². The Kier molecular flexibility index (Phi) is 7.82. The molecule has 214 valence electrons. The molecule has 0 N–H and O–H groups in total. The van der Waals surface area contributed by atoms with Gasteiger partial charge in [-0.25, -0.2) is 0 Å². The second kappa shape index (κ2) is 10.9. The van der Waals surface area contributed by atoms with Crippen LogP contribution in [0.1, 0.15) is 98.3 Å². The van der Waals surface area contributed by atoms with E-state index in [0.717, 1.165) is 37.0 Å². The fraction of sp³-hybridized carbons (Fsp3) is 0.750. The molecule has 0 spiro atoms. The number of non-ortho nitro benzene ring substituents is 1. The Hall–Kier alpha value is -2.44. The van der Waals surface area contributed by atoms with E-state index < -0.39 is 4.92 Å². The van der Waals surface area contributed by atoms with Crippen molar-refractivity contribution in [2.45, 2.75) is 104 Å². The van der Waals surface area contributed by atoms with Gasteiger partial charge in [-0.05, 0) is 123 Å². The third kappa shape index (κ3) is 5.35. The zero-order valence-electron chi connectivity index (χ0n) is 24.0. The van der Waals surface area contributed by atoms with Crippen molar-refractivity contribution in [1.82, 2.24) is 0 Å². The summed E-state index contributed by atoms with van der Waals surface area (Å²) in [6, 6.07) is 5.69. The quantitative estimate of drug-likeness (QED) is 0.154. The molecule has 4 saturated carbocycles. The van der Waals surface area contributed by atoms with Crippen LogP contribution in [-0.4, -0.2) is 23.0 Å². The van der Waals surface area contributed by atoms with E-state index in [9.17, 15) is 19.7 Å². The smallest absolute Gasteiger partial charge is 0.311 e. The predicted octanol–water partition coefficient (Wildman–Crippen LogP) is 7.51. The van der Waals surface area contributed by atoms with E-state index in [2.05, 4.69) is 20.8 Å². The number of esters is 2. The topological polar surface area (TPSA) is 95.7 Å². The fourth-order valence-corrected chi connectivity index (χ4v) is 9.90. The van der Waals surface area contributed by atoms with Gasteiger partial charge in [0.2, 0.25) is 0 Å². The van der Waals surface area contributed by atoms with Crippen molar-refractivity contribution in [2.75, 3.05) is 0 Å². The number of fused-ring (bicyclic) bond motifs is 5. The van der Waals surface area contributed by atoms with E-state index >= 15 is 0 Å². The number of hydrogen-bond acceptors (Lipinski definition) is 6. The second-order valence-corrected chi connectivity index (χ2v) is 13.6. The summed E-state index contributed by atoms with van der Waals surface area (Å²) in [5.41, 5.74) is 0.687. The van der Waals surface area contributed by atoms with Crippen molar-refractivity contribution >= 4 is 17.6 Å². The number of ether oxygens (including phenoxy) is 2. The fourth-order valence-electron chi connectivity index (χ4n) is 9.90. The van der Waals surface area contributed by atoms with Gasteiger partial charge in [0, 0.05) is 25.5 Å². The van der Waals surface area contributed by atoms with E-state index in [0.29, 0.717) is 40.8 Å². The van der Waals surface area contributed by atoms with Crippen LogP contribution < -0.4 is 4.74 Å². The maximum Gasteiger partial charge on any atom is 0.311 e. The SMILES string of the molecule is CC(=O)O[C@@H]1CC[C@@]2(C)C(CCC3C2CC[C@@]2(C)C3CC[C@@H]2[C@H](C)CCC(=O)Oc2ccc([N+](=O)[O-])cc2)C1. The summed E-state index contributed by atoms with van der Waals surface area (Å²) >= 11 is 0. The molecule has 9 atom stereocenters. The molecule has 4 aliphatic carbocycles. The first kappa shape index (κ1) is 28.1. The molecule has 0 aliphatic heterocycles. The number of hydrogen-bond donors (Lipinski definition) is 0. The van der Waals surface area contributed by atoms with Crippen molar-refractivity contribution in [1.29, 1.82) is 0 Å². The van der Waals surface area contributed by atoms with Gasteiger partial charge in [0.05, 0.1) is 4.92 Å². The molecule has 0 saturated heterocycles. The molecule has 0 aromatic heterocycles. The molecular formula is C32H45NO6. The summed E-state index contributed by atoms with van der Waals surface area (Å²) in [5, 5.41) is 10.8. The third-order valence-corrected chi connectivity index (χ3v) is 11.8. The monoisotopic (exact) mass is 539 g/mol. The first-order valence-corrected chi connectivity index (χ1v) is 15.1. The minimum Gasteiger partial charge on any atom is -0.463 e. The lowest BCUT2D eigenvalue weighted by Gasteiger charge is -2.61. The van der Waals surface area contributed by atoms with Gasteiger partial charge in [0.1, 0.15) is 11.9 Å². The number of benzene rings is 1. The standard InChI is InChI=1S/C32H45NO6/c1-20(5-14-30(35)39-24-9-7-23(8-10-24)33(36)37)27-12-13-28-26-11-6-22-19-25(38-21(2)34)15-17-31(22,3)29(26)16-18-32(27,28)4/h7-10,20,22,25-29H,5-6,11-19H2,1-4H3/t20-,22?,25-,26?,27-,28?,29?,31+,32-/m1/s1. The Morgan fingerprint density at radius 1 is 1.00 bits per heavy atom. The van der Waals surface area contributed by atoms with Gasteiger partial charge in [-0.3, -0.25) is 19.7 Å². The molecular weight excluding hydrogens is 494 g/mol. The van der Waals surface area contributed by atoms with Crippen molar-refractivity contribution in [3.05, 3.63) is 34.4 Å². The van der Waals surface area contributed by atoms with Gasteiger partial charge in [-0.1, -0.05) is 20.8 Å². The summed E-state index contributed by atoms with van der Waals surface area (Å²) < 4.78 is 11.1. The highest BCUT2D eigenvalue weighted by Crippen LogP contribution is 2.68. The molecule has 39 heavy (non-hydrogen) atoms. The first-order chi connectivity index (χ1) is 18.5. The Morgan fingerprint density at radius 2 is 1.69 bits per heavy atom. The molecule has 5 rings (SSSR count). The van der Waals surface area contributed by atoms with Crippen molar-refractivity contribution < 1.29 is 24.0 Å². The van der Waals surface area contributed by atoms with Crippen LogP contribution in [0.4, 0.5) is 5.69 Å². The minimum absolute atomic E-state index is 0.0145. The number of nitro benzene ring substituents is 1. The van der Waals surface area contributed by atoms with Gasteiger partial charge < -0.3 is 9.47 Å². The van der Waals surface area contributed by atoms with Crippen LogP contribution in [0.25, 0.3) is 0 Å². The highest BCUT2D eigenvalue weighted by molar-refractivity contribution is 5.72. The molecule has 4 unspecified atom stereocenters. The molecule has 1 aromatic rings. The summed E-state index contributed by atoms with van der Waals surface area (Å²) in [6.45, 7) is 8.94. The Balaban J connectivity index is 1.18. The molecule has 4 aliphatic rings. The van der Waals surface area contributed by atoms with Gasteiger partial charge >= 0.3 is 11.9 Å². The van der Waals surface area contributed by atoms with E-state index in [1.165, 1.54) is 76.1 Å². The normalized spacial score (nSPS) is 38.1. The molecule has 4 fully saturated rings. The highest BCUT2D eigenvalue weighted by Gasteiger charge is 2.60. The maximum atomic E-state index is 12.6. The second-order valence-electron chi connectivity index (χ2n) is 13.6. The molecule has 0 radical (unpaired) electrons. The van der Waals surface area contributed by atoms with Gasteiger partial charge in [-0.15, -0.1) is 0 Å². The van der Waals surface area contributed by atoms with E-state index in [-0.39, 0.29) is 23.7 Å². The molecule has 0 heterocycles. The average Bonchev–Trinajstić information content (AvgIpc) is 3.25. The number of nitrogens with zero attached hydrogens (tertiary/aromatic N) is 1. The van der Waals surface area contributed by atoms with E-state index in [1.807, 2.05) is 0 Å². The molecule has 7 heteroatoms. The minimum atomic E-state index is -0.460. The predicted molar refractivity (Wildman–Crippen MR) is 148 cm³/mol. The summed E-state index contributed by atoms with van der Waals surface area (Å²) in [7, 11) is 0. The molecule has 7 nitrogen and oxygen atoms in total. The van der Waals surface area contributed by atoms with Gasteiger partial charge in [0.25, 0.3) is 5.69 Å².